The van der Waals surface area contributed by atoms with E-state index in [0.29, 0.717) is 0 Å². The van der Waals surface area contributed by atoms with Crippen molar-refractivity contribution in [1.82, 2.24) is 5.32 Å². The quantitative estimate of drug-likeness (QED) is 0.895. The van der Waals surface area contributed by atoms with Crippen LogP contribution in [0.15, 0.2) is 51.8 Å². The summed E-state index contributed by atoms with van der Waals surface area (Å²) in [6.07, 6.45) is -2.22. The maximum absolute atomic E-state index is 12.4. The maximum atomic E-state index is 12.4. The van der Waals surface area contributed by atoms with Crippen molar-refractivity contribution in [2.45, 2.75) is 35.5 Å². The lowest BCUT2D eigenvalue weighted by Crippen LogP contribution is -2.49. The third-order valence-corrected chi connectivity index (χ3v) is 6.20. The van der Waals surface area contributed by atoms with E-state index in [4.69, 9.17) is 4.42 Å². The zero-order chi connectivity index (χ0) is 17.3. The van der Waals surface area contributed by atoms with E-state index in [1.165, 1.54) is 18.2 Å². The minimum Gasteiger partial charge on any atom is -0.450 e. The van der Waals surface area contributed by atoms with Crippen LogP contribution in [0, 0.1) is 0 Å². The van der Waals surface area contributed by atoms with Gasteiger partial charge in [-0.2, -0.15) is 0 Å². The Labute approximate surface area is 137 Å². The second kappa shape index (κ2) is 6.35. The highest BCUT2D eigenvalue weighted by Crippen LogP contribution is 2.32. The van der Waals surface area contributed by atoms with E-state index < -0.39 is 33.2 Å². The molecule has 1 N–H and O–H groups in total. The zero-order valence-corrected chi connectivity index (χ0v) is 13.3. The minimum atomic E-state index is -3.42. The Hall–Kier alpha value is -2.22. The molecule has 128 valence electrons. The van der Waals surface area contributed by atoms with Gasteiger partial charge < -0.3 is 9.73 Å². The van der Waals surface area contributed by atoms with E-state index in [1.807, 2.05) is 0 Å². The number of halogens is 2. The Morgan fingerprint density at radius 2 is 1.79 bits per heavy atom. The summed E-state index contributed by atoms with van der Waals surface area (Å²) in [6, 6.07) is 10.0. The van der Waals surface area contributed by atoms with Crippen molar-refractivity contribution in [3.63, 3.8) is 0 Å². The summed E-state index contributed by atoms with van der Waals surface area (Å²) >= 11 is 0. The molecule has 0 unspecified atom stereocenters. The van der Waals surface area contributed by atoms with Gasteiger partial charge in [0.25, 0.3) is 12.3 Å². The fourth-order valence-corrected chi connectivity index (χ4v) is 4.48. The predicted molar refractivity (Wildman–Crippen MR) is 81.6 cm³/mol. The number of amides is 1. The summed E-state index contributed by atoms with van der Waals surface area (Å²) in [5.74, 6) is -1.40. The average molecular weight is 355 g/mol. The summed E-state index contributed by atoms with van der Waals surface area (Å²) in [7, 11) is -3.42. The zero-order valence-electron chi connectivity index (χ0n) is 12.5. The Balaban J connectivity index is 1.58. The van der Waals surface area contributed by atoms with Gasteiger partial charge in [0.2, 0.25) is 0 Å². The normalized spacial score (nSPS) is 20.6. The van der Waals surface area contributed by atoms with Gasteiger partial charge in [-0.3, -0.25) is 4.79 Å². The number of furan rings is 1. The first kappa shape index (κ1) is 16.6. The van der Waals surface area contributed by atoms with Crippen LogP contribution < -0.4 is 5.32 Å². The molecule has 8 heteroatoms. The number of alkyl halides is 2. The summed E-state index contributed by atoms with van der Waals surface area (Å²) in [5.41, 5.74) is 0. The van der Waals surface area contributed by atoms with Gasteiger partial charge >= 0.3 is 0 Å². The summed E-state index contributed by atoms with van der Waals surface area (Å²) < 4.78 is 54.4. The molecule has 0 saturated heterocycles. The Morgan fingerprint density at radius 3 is 2.38 bits per heavy atom. The molecule has 1 aromatic carbocycles. The Bertz CT molecular complexity index is 827. The van der Waals surface area contributed by atoms with Crippen LogP contribution in [0.3, 0.4) is 0 Å². The topological polar surface area (TPSA) is 76.4 Å². The predicted octanol–water partition coefficient (Wildman–Crippen LogP) is 2.95. The molecule has 0 radical (unpaired) electrons. The second-order valence-corrected chi connectivity index (χ2v) is 7.85. The summed E-state index contributed by atoms with van der Waals surface area (Å²) in [4.78, 5) is 12.2. The molecule has 0 atom stereocenters. The van der Waals surface area contributed by atoms with Gasteiger partial charge in [-0.25, -0.2) is 17.2 Å². The van der Waals surface area contributed by atoms with E-state index >= 15 is 0 Å². The van der Waals surface area contributed by atoms with Gasteiger partial charge in [-0.1, -0.05) is 18.2 Å². The molecule has 1 heterocycles. The first-order chi connectivity index (χ1) is 11.4. The molecule has 24 heavy (non-hydrogen) atoms. The highest BCUT2D eigenvalue weighted by atomic mass is 32.2. The molecule has 0 bridgehead atoms. The Kier molecular flexibility index (Phi) is 4.40. The lowest BCUT2D eigenvalue weighted by Gasteiger charge is -2.35. The lowest BCUT2D eigenvalue weighted by atomic mass is 9.92. The molecule has 1 aliphatic rings. The molecule has 1 fully saturated rings. The number of hydrogen-bond donors (Lipinski definition) is 1. The number of carbonyl (C=O) groups excluding carboxylic acids is 1. The van der Waals surface area contributed by atoms with E-state index in [9.17, 15) is 22.0 Å². The minimum absolute atomic E-state index is 0.209. The highest BCUT2D eigenvalue weighted by molar-refractivity contribution is 7.92. The van der Waals surface area contributed by atoms with Crippen molar-refractivity contribution in [3.8, 4) is 0 Å². The van der Waals surface area contributed by atoms with Gasteiger partial charge in [0.1, 0.15) is 0 Å². The monoisotopic (exact) mass is 355 g/mol. The van der Waals surface area contributed by atoms with Crippen molar-refractivity contribution < 1.29 is 26.4 Å². The van der Waals surface area contributed by atoms with Crippen molar-refractivity contribution in [3.05, 3.63) is 54.0 Å². The maximum Gasteiger partial charge on any atom is 0.295 e. The van der Waals surface area contributed by atoms with Crippen molar-refractivity contribution in [1.29, 1.82) is 0 Å². The van der Waals surface area contributed by atoms with Crippen molar-refractivity contribution in [2.24, 2.45) is 0 Å². The molecule has 0 aliphatic heterocycles. The Morgan fingerprint density at radius 1 is 1.12 bits per heavy atom. The first-order valence-electron chi connectivity index (χ1n) is 7.35. The number of nitrogens with one attached hydrogen (secondary N) is 1. The smallest absolute Gasteiger partial charge is 0.295 e. The molecule has 2 aromatic rings. The lowest BCUT2D eigenvalue weighted by molar-refractivity contribution is 0.0864. The molecule has 1 aliphatic carbocycles. The molecule has 0 spiro atoms. The van der Waals surface area contributed by atoms with Crippen LogP contribution in [-0.4, -0.2) is 25.6 Å². The molecular weight excluding hydrogens is 340 g/mol. The van der Waals surface area contributed by atoms with Crippen LogP contribution in [0.1, 0.15) is 35.6 Å². The molecule has 3 rings (SSSR count). The van der Waals surface area contributed by atoms with Crippen LogP contribution in [0.4, 0.5) is 8.78 Å². The van der Waals surface area contributed by atoms with E-state index in [-0.39, 0.29) is 29.5 Å². The van der Waals surface area contributed by atoms with Crippen LogP contribution >= 0.6 is 0 Å². The van der Waals surface area contributed by atoms with Crippen LogP contribution in [0.5, 0.6) is 0 Å². The van der Waals surface area contributed by atoms with Crippen LogP contribution in [-0.2, 0) is 9.84 Å². The largest absolute Gasteiger partial charge is 0.450 e. The van der Waals surface area contributed by atoms with Crippen molar-refractivity contribution in [2.75, 3.05) is 0 Å². The van der Waals surface area contributed by atoms with Crippen LogP contribution in [0.25, 0.3) is 0 Å². The number of hydrogen-bond acceptors (Lipinski definition) is 4. The number of rotatable bonds is 5. The number of carbonyl (C=O) groups is 1. The SMILES string of the molecule is O=C(NC1CC(S(=O)(=O)c2ccccc2)C1)c1ccc(C(F)F)o1. The molecule has 1 aromatic heterocycles. The standard InChI is InChI=1S/C16H15F2NO4S/c17-15(18)13-6-7-14(23-13)16(20)19-10-8-12(9-10)24(21,22)11-4-2-1-3-5-11/h1-7,10,12,15H,8-9H2,(H,19,20). The highest BCUT2D eigenvalue weighted by Gasteiger charge is 2.40. The van der Waals surface area contributed by atoms with Gasteiger partial charge in [0.05, 0.1) is 10.1 Å². The van der Waals surface area contributed by atoms with E-state index in [2.05, 4.69) is 5.32 Å². The van der Waals surface area contributed by atoms with Gasteiger partial charge in [-0.05, 0) is 37.1 Å². The van der Waals surface area contributed by atoms with Crippen LogP contribution in [0.2, 0.25) is 0 Å². The van der Waals surface area contributed by atoms with Gasteiger partial charge in [0, 0.05) is 6.04 Å². The summed E-state index contributed by atoms with van der Waals surface area (Å²) in [6.45, 7) is 0. The third-order valence-electron chi connectivity index (χ3n) is 4.01. The average Bonchev–Trinajstić information content (AvgIpc) is 3.01. The molecule has 1 amide bonds. The fourth-order valence-electron chi connectivity index (χ4n) is 2.59. The summed E-state index contributed by atoms with van der Waals surface area (Å²) in [5, 5.41) is 2.04. The molecule has 1 saturated carbocycles. The van der Waals surface area contributed by atoms with Crippen molar-refractivity contribution >= 4 is 15.7 Å². The van der Waals surface area contributed by atoms with Gasteiger partial charge in [0.15, 0.2) is 21.4 Å². The van der Waals surface area contributed by atoms with E-state index in [1.54, 1.807) is 18.2 Å². The molecular formula is C16H15F2NO4S. The number of sulfone groups is 1. The second-order valence-electron chi connectivity index (χ2n) is 5.62. The van der Waals surface area contributed by atoms with E-state index in [0.717, 1.165) is 6.07 Å². The first-order valence-corrected chi connectivity index (χ1v) is 8.90. The number of benzene rings is 1. The third kappa shape index (κ3) is 3.19. The molecule has 5 nitrogen and oxygen atoms in total. The fraction of sp³-hybridized carbons (Fsp3) is 0.312. The van der Waals surface area contributed by atoms with Gasteiger partial charge in [-0.15, -0.1) is 0 Å².